The summed E-state index contributed by atoms with van der Waals surface area (Å²) in [5.41, 5.74) is 2.05. The SMILES string of the molecule is COC(=O)c1ncoc1-c1ccccc1C(=O)N1CCN(c2cccc(Cl)c2)CC1. The van der Waals surface area contributed by atoms with Gasteiger partial charge in [-0.15, -0.1) is 0 Å². The molecule has 1 aliphatic rings. The Morgan fingerprint density at radius 1 is 1.07 bits per heavy atom. The summed E-state index contributed by atoms with van der Waals surface area (Å²) in [6.45, 7) is 2.54. The lowest BCUT2D eigenvalue weighted by molar-refractivity contribution is 0.0594. The van der Waals surface area contributed by atoms with E-state index in [0.29, 0.717) is 42.3 Å². The van der Waals surface area contributed by atoms with Crippen molar-refractivity contribution in [2.45, 2.75) is 0 Å². The predicted molar refractivity (Wildman–Crippen MR) is 113 cm³/mol. The number of amides is 1. The van der Waals surface area contributed by atoms with Crippen LogP contribution in [-0.4, -0.2) is 55.0 Å². The Morgan fingerprint density at radius 3 is 2.57 bits per heavy atom. The number of oxazole rings is 1. The lowest BCUT2D eigenvalue weighted by Gasteiger charge is -2.36. The number of anilines is 1. The molecule has 2 aromatic carbocycles. The van der Waals surface area contributed by atoms with Gasteiger partial charge >= 0.3 is 5.97 Å². The van der Waals surface area contributed by atoms with Crippen molar-refractivity contribution in [3.05, 3.63) is 71.2 Å². The number of piperazine rings is 1. The van der Waals surface area contributed by atoms with Crippen LogP contribution in [-0.2, 0) is 4.74 Å². The zero-order chi connectivity index (χ0) is 21.1. The molecule has 1 amide bonds. The number of hydrogen-bond acceptors (Lipinski definition) is 6. The third kappa shape index (κ3) is 3.89. The standard InChI is InChI=1S/C22H20ClN3O4/c1-29-22(28)19-20(30-14-24-19)17-7-2-3-8-18(17)21(27)26-11-9-25(10-12-26)16-6-4-5-15(23)13-16/h2-8,13-14H,9-12H2,1H3. The molecule has 2 heterocycles. The highest BCUT2D eigenvalue weighted by molar-refractivity contribution is 6.30. The minimum absolute atomic E-state index is 0.0449. The van der Waals surface area contributed by atoms with Crippen molar-refractivity contribution in [2.75, 3.05) is 38.2 Å². The van der Waals surface area contributed by atoms with Crippen molar-refractivity contribution in [2.24, 2.45) is 0 Å². The van der Waals surface area contributed by atoms with Crippen LogP contribution in [0.2, 0.25) is 5.02 Å². The Hall–Kier alpha value is -3.32. The van der Waals surface area contributed by atoms with Gasteiger partial charge in [0.05, 0.1) is 12.7 Å². The van der Waals surface area contributed by atoms with Gasteiger partial charge < -0.3 is 19.0 Å². The molecule has 4 rings (SSSR count). The molecule has 30 heavy (non-hydrogen) atoms. The quantitative estimate of drug-likeness (QED) is 0.593. The van der Waals surface area contributed by atoms with Crippen LogP contribution in [0.5, 0.6) is 0 Å². The van der Waals surface area contributed by atoms with Crippen molar-refractivity contribution in [3.8, 4) is 11.3 Å². The van der Waals surface area contributed by atoms with E-state index >= 15 is 0 Å². The molecule has 0 aliphatic carbocycles. The highest BCUT2D eigenvalue weighted by atomic mass is 35.5. The second-order valence-electron chi connectivity index (χ2n) is 6.83. The van der Waals surface area contributed by atoms with Gasteiger partial charge in [-0.2, -0.15) is 0 Å². The first-order valence-corrected chi connectivity index (χ1v) is 9.87. The molecule has 7 nitrogen and oxygen atoms in total. The molecule has 0 bridgehead atoms. The molecular weight excluding hydrogens is 406 g/mol. The molecular formula is C22H20ClN3O4. The topological polar surface area (TPSA) is 75.9 Å². The summed E-state index contributed by atoms with van der Waals surface area (Å²) >= 11 is 6.10. The maximum Gasteiger partial charge on any atom is 0.360 e. The molecule has 0 spiro atoms. The summed E-state index contributed by atoms with van der Waals surface area (Å²) in [6, 6.07) is 14.7. The van der Waals surface area contributed by atoms with Crippen LogP contribution >= 0.6 is 11.6 Å². The molecule has 0 radical (unpaired) electrons. The van der Waals surface area contributed by atoms with Gasteiger partial charge in [-0.3, -0.25) is 4.79 Å². The first-order chi connectivity index (χ1) is 14.6. The van der Waals surface area contributed by atoms with E-state index in [1.807, 2.05) is 24.3 Å². The van der Waals surface area contributed by atoms with E-state index in [1.54, 1.807) is 29.2 Å². The van der Waals surface area contributed by atoms with Gasteiger partial charge in [0.2, 0.25) is 0 Å². The number of carbonyl (C=O) groups is 2. The van der Waals surface area contributed by atoms with Crippen LogP contribution in [0.15, 0.2) is 59.3 Å². The first-order valence-electron chi connectivity index (χ1n) is 9.49. The largest absolute Gasteiger partial charge is 0.464 e. The van der Waals surface area contributed by atoms with E-state index < -0.39 is 5.97 Å². The molecule has 3 aromatic rings. The Balaban J connectivity index is 1.54. The van der Waals surface area contributed by atoms with Crippen molar-refractivity contribution >= 4 is 29.2 Å². The highest BCUT2D eigenvalue weighted by Crippen LogP contribution is 2.29. The molecule has 1 saturated heterocycles. The number of nitrogens with zero attached hydrogens (tertiary/aromatic N) is 3. The van der Waals surface area contributed by atoms with Gasteiger partial charge in [-0.25, -0.2) is 9.78 Å². The number of benzene rings is 2. The summed E-state index contributed by atoms with van der Waals surface area (Å²) in [5.74, 6) is -0.511. The van der Waals surface area contributed by atoms with Crippen LogP contribution < -0.4 is 4.90 Å². The second-order valence-corrected chi connectivity index (χ2v) is 7.26. The average Bonchev–Trinajstić information content (AvgIpc) is 3.28. The van der Waals surface area contributed by atoms with Crippen LogP contribution in [0.4, 0.5) is 5.69 Å². The maximum atomic E-state index is 13.3. The monoisotopic (exact) mass is 425 g/mol. The number of aromatic nitrogens is 1. The van der Waals surface area contributed by atoms with E-state index in [4.69, 9.17) is 20.8 Å². The number of rotatable bonds is 4. The summed E-state index contributed by atoms with van der Waals surface area (Å²) in [7, 11) is 1.28. The van der Waals surface area contributed by atoms with Crippen LogP contribution in [0.1, 0.15) is 20.8 Å². The fourth-order valence-electron chi connectivity index (χ4n) is 3.56. The second kappa shape index (κ2) is 8.59. The third-order valence-electron chi connectivity index (χ3n) is 5.09. The molecule has 1 aliphatic heterocycles. The fraction of sp³-hybridized carbons (Fsp3) is 0.227. The average molecular weight is 426 g/mol. The maximum absolute atomic E-state index is 13.3. The molecule has 8 heteroatoms. The van der Waals surface area contributed by atoms with Crippen molar-refractivity contribution in [1.29, 1.82) is 0 Å². The van der Waals surface area contributed by atoms with Crippen LogP contribution in [0.25, 0.3) is 11.3 Å². The predicted octanol–water partition coefficient (Wildman–Crippen LogP) is 3.74. The van der Waals surface area contributed by atoms with Gasteiger partial charge in [0.15, 0.2) is 17.8 Å². The van der Waals surface area contributed by atoms with Gasteiger partial charge in [-0.05, 0) is 24.3 Å². The zero-order valence-electron chi connectivity index (χ0n) is 16.4. The highest BCUT2D eigenvalue weighted by Gasteiger charge is 2.27. The molecule has 1 aromatic heterocycles. The van der Waals surface area contributed by atoms with Crippen molar-refractivity contribution in [3.63, 3.8) is 0 Å². The van der Waals surface area contributed by atoms with E-state index in [1.165, 1.54) is 13.5 Å². The molecule has 0 saturated carbocycles. The van der Waals surface area contributed by atoms with Gasteiger partial charge in [0.25, 0.3) is 5.91 Å². The first kappa shape index (κ1) is 20.0. The number of esters is 1. The molecule has 0 unspecified atom stereocenters. The number of hydrogen-bond donors (Lipinski definition) is 0. The molecule has 1 fully saturated rings. The molecule has 0 N–H and O–H groups in total. The van der Waals surface area contributed by atoms with Crippen LogP contribution in [0, 0.1) is 0 Å². The molecule has 0 atom stereocenters. The number of methoxy groups -OCH3 is 1. The fourth-order valence-corrected chi connectivity index (χ4v) is 3.74. The van der Waals surface area contributed by atoms with Crippen molar-refractivity contribution < 1.29 is 18.7 Å². The van der Waals surface area contributed by atoms with Gasteiger partial charge in [0.1, 0.15) is 0 Å². The lowest BCUT2D eigenvalue weighted by atomic mass is 10.0. The lowest BCUT2D eigenvalue weighted by Crippen LogP contribution is -2.48. The summed E-state index contributed by atoms with van der Waals surface area (Å²) < 4.78 is 10.2. The Morgan fingerprint density at radius 2 is 1.83 bits per heavy atom. The van der Waals surface area contributed by atoms with E-state index in [0.717, 1.165) is 5.69 Å². The number of carbonyl (C=O) groups excluding carboxylic acids is 2. The van der Waals surface area contributed by atoms with Crippen molar-refractivity contribution in [1.82, 2.24) is 9.88 Å². The normalized spacial score (nSPS) is 13.9. The van der Waals surface area contributed by atoms with E-state index in [-0.39, 0.29) is 17.4 Å². The minimum Gasteiger partial charge on any atom is -0.464 e. The zero-order valence-corrected chi connectivity index (χ0v) is 17.1. The third-order valence-corrected chi connectivity index (χ3v) is 5.32. The smallest absolute Gasteiger partial charge is 0.360 e. The summed E-state index contributed by atoms with van der Waals surface area (Å²) in [6.07, 6.45) is 1.17. The molecule has 154 valence electrons. The number of halogens is 1. The van der Waals surface area contributed by atoms with E-state index in [2.05, 4.69) is 9.88 Å². The minimum atomic E-state index is -0.615. The summed E-state index contributed by atoms with van der Waals surface area (Å²) in [5, 5.41) is 0.688. The van der Waals surface area contributed by atoms with Gasteiger partial charge in [-0.1, -0.05) is 35.9 Å². The number of ether oxygens (including phenoxy) is 1. The Bertz CT molecular complexity index is 1070. The van der Waals surface area contributed by atoms with Gasteiger partial charge in [0, 0.05) is 42.5 Å². The Labute approximate surface area is 178 Å². The Kier molecular flexibility index (Phi) is 5.72. The van der Waals surface area contributed by atoms with E-state index in [9.17, 15) is 9.59 Å². The van der Waals surface area contributed by atoms with Crippen LogP contribution in [0.3, 0.4) is 0 Å². The summed E-state index contributed by atoms with van der Waals surface area (Å²) in [4.78, 5) is 33.2.